The van der Waals surface area contributed by atoms with Crippen molar-refractivity contribution in [1.29, 1.82) is 0 Å². The number of methoxy groups -OCH3 is 1. The molecule has 0 aliphatic carbocycles. The molecule has 0 spiro atoms. The van der Waals surface area contributed by atoms with Crippen LogP contribution in [0.2, 0.25) is 0 Å². The Kier molecular flexibility index (Phi) is 5.16. The second-order valence-corrected chi connectivity index (χ2v) is 3.44. The summed E-state index contributed by atoms with van der Waals surface area (Å²) in [5.41, 5.74) is 0. The van der Waals surface area contributed by atoms with Crippen LogP contribution in [0.4, 0.5) is 13.2 Å². The molecule has 1 unspecified atom stereocenters. The maximum Gasteiger partial charge on any atom is 0.522 e. The van der Waals surface area contributed by atoms with Crippen LogP contribution in [0.15, 0.2) is 0 Å². The molecule has 0 amide bonds. The van der Waals surface area contributed by atoms with Crippen molar-refractivity contribution in [2.45, 2.75) is 12.4 Å². The molecule has 0 saturated carbocycles. The van der Waals surface area contributed by atoms with Crippen LogP contribution in [0, 0.1) is 0 Å². The minimum absolute atomic E-state index is 0.00262. The lowest BCUT2D eigenvalue weighted by molar-refractivity contribution is -0.325. The van der Waals surface area contributed by atoms with Gasteiger partial charge < -0.3 is 9.47 Å². The van der Waals surface area contributed by atoms with Crippen LogP contribution in [0.3, 0.4) is 0 Å². The quantitative estimate of drug-likeness (QED) is 0.682. The Morgan fingerprint density at radius 1 is 1.53 bits per heavy atom. The van der Waals surface area contributed by atoms with Gasteiger partial charge in [-0.2, -0.15) is 0 Å². The van der Waals surface area contributed by atoms with Gasteiger partial charge in [0.1, 0.15) is 6.04 Å². The van der Waals surface area contributed by atoms with Gasteiger partial charge in [0.2, 0.25) is 0 Å². The molecule has 8 heteroatoms. The van der Waals surface area contributed by atoms with E-state index >= 15 is 0 Å². The maximum absolute atomic E-state index is 11.8. The van der Waals surface area contributed by atoms with Gasteiger partial charge in [-0.25, -0.2) is 0 Å². The molecule has 17 heavy (non-hydrogen) atoms. The summed E-state index contributed by atoms with van der Waals surface area (Å²) < 4.78 is 48.6. The highest BCUT2D eigenvalue weighted by molar-refractivity contribution is 5.75. The molecule has 1 atom stereocenters. The van der Waals surface area contributed by atoms with E-state index in [1.165, 1.54) is 7.11 Å². The molecule has 0 bridgehead atoms. The van der Waals surface area contributed by atoms with Crippen molar-refractivity contribution in [2.24, 2.45) is 0 Å². The molecule has 0 N–H and O–H groups in total. The van der Waals surface area contributed by atoms with Gasteiger partial charge in [0.25, 0.3) is 0 Å². The number of nitrogens with zero attached hydrogens (tertiary/aromatic N) is 1. The lowest BCUT2D eigenvalue weighted by Crippen LogP contribution is -2.51. The monoisotopic (exact) mass is 257 g/mol. The van der Waals surface area contributed by atoms with E-state index in [0.717, 1.165) is 0 Å². The number of morpholine rings is 1. The second-order valence-electron chi connectivity index (χ2n) is 3.44. The van der Waals surface area contributed by atoms with Crippen molar-refractivity contribution in [1.82, 2.24) is 4.90 Å². The first kappa shape index (κ1) is 14.2. The topological polar surface area (TPSA) is 48.0 Å². The van der Waals surface area contributed by atoms with E-state index in [1.54, 1.807) is 4.90 Å². The van der Waals surface area contributed by atoms with E-state index in [9.17, 15) is 18.0 Å². The van der Waals surface area contributed by atoms with Crippen LogP contribution in [-0.4, -0.2) is 63.3 Å². The van der Waals surface area contributed by atoms with Crippen molar-refractivity contribution in [3.63, 3.8) is 0 Å². The first-order chi connectivity index (χ1) is 7.94. The number of alkyl halides is 3. The first-order valence-corrected chi connectivity index (χ1v) is 5.04. The summed E-state index contributed by atoms with van der Waals surface area (Å²) in [5.74, 6) is -0.517. The minimum Gasteiger partial charge on any atom is -0.468 e. The summed E-state index contributed by atoms with van der Waals surface area (Å²) in [6.45, 7) is 0.360. The highest BCUT2D eigenvalue weighted by Gasteiger charge is 2.32. The Morgan fingerprint density at radius 2 is 2.24 bits per heavy atom. The summed E-state index contributed by atoms with van der Waals surface area (Å²) in [4.78, 5) is 12.9. The van der Waals surface area contributed by atoms with Crippen molar-refractivity contribution >= 4 is 5.97 Å². The third-order valence-electron chi connectivity index (χ3n) is 2.36. The van der Waals surface area contributed by atoms with E-state index in [4.69, 9.17) is 4.74 Å². The molecule has 1 aliphatic heterocycles. The molecule has 1 rings (SSSR count). The summed E-state index contributed by atoms with van der Waals surface area (Å²) in [7, 11) is 1.22. The fraction of sp³-hybridized carbons (Fsp3) is 0.889. The van der Waals surface area contributed by atoms with Crippen LogP contribution >= 0.6 is 0 Å². The molecule has 100 valence electrons. The molecule has 1 aliphatic rings. The fourth-order valence-electron chi connectivity index (χ4n) is 1.54. The predicted octanol–water partition coefficient (Wildman–Crippen LogP) is 0.397. The summed E-state index contributed by atoms with van der Waals surface area (Å²) in [5, 5.41) is 0. The number of carbonyl (C=O) groups is 1. The number of hydrogen-bond donors (Lipinski definition) is 0. The number of rotatable bonds is 4. The molecule has 0 aromatic rings. The van der Waals surface area contributed by atoms with Gasteiger partial charge in [0.15, 0.2) is 0 Å². The smallest absolute Gasteiger partial charge is 0.468 e. The van der Waals surface area contributed by atoms with E-state index in [0.29, 0.717) is 13.2 Å². The van der Waals surface area contributed by atoms with Crippen LogP contribution in [0.5, 0.6) is 0 Å². The third-order valence-corrected chi connectivity index (χ3v) is 2.36. The largest absolute Gasteiger partial charge is 0.522 e. The minimum atomic E-state index is -4.65. The van der Waals surface area contributed by atoms with Crippen molar-refractivity contribution in [2.75, 3.05) is 40.0 Å². The number of ether oxygens (including phenoxy) is 3. The van der Waals surface area contributed by atoms with Crippen LogP contribution in [-0.2, 0) is 19.0 Å². The normalized spacial score (nSPS) is 22.5. The number of esters is 1. The van der Waals surface area contributed by atoms with Gasteiger partial charge in [0.05, 0.1) is 26.9 Å². The molecular formula is C9H14F3NO4. The van der Waals surface area contributed by atoms with Gasteiger partial charge in [-0.3, -0.25) is 14.4 Å². The van der Waals surface area contributed by atoms with Crippen LogP contribution in [0.1, 0.15) is 0 Å². The van der Waals surface area contributed by atoms with Crippen molar-refractivity contribution in [3.8, 4) is 0 Å². The first-order valence-electron chi connectivity index (χ1n) is 5.04. The Morgan fingerprint density at radius 3 is 2.82 bits per heavy atom. The van der Waals surface area contributed by atoms with Crippen molar-refractivity contribution in [3.05, 3.63) is 0 Å². The molecular weight excluding hydrogens is 243 g/mol. The SMILES string of the molecule is COC(=O)C1COCCN1CCOC(F)(F)F. The number of halogens is 3. The number of carbonyl (C=O) groups excluding carboxylic acids is 1. The highest BCUT2D eigenvalue weighted by atomic mass is 19.4. The third kappa shape index (κ3) is 4.88. The summed E-state index contributed by atoms with van der Waals surface area (Å²) in [6, 6.07) is -0.661. The average Bonchev–Trinajstić information content (AvgIpc) is 2.27. The van der Waals surface area contributed by atoms with Crippen LogP contribution < -0.4 is 0 Å². The van der Waals surface area contributed by atoms with E-state index in [2.05, 4.69) is 9.47 Å². The Labute approximate surface area is 96.4 Å². The lowest BCUT2D eigenvalue weighted by Gasteiger charge is -2.33. The Balaban J connectivity index is 2.40. The van der Waals surface area contributed by atoms with Gasteiger partial charge >= 0.3 is 12.3 Å². The predicted molar refractivity (Wildman–Crippen MR) is 50.2 cm³/mol. The molecule has 1 fully saturated rings. The fourth-order valence-corrected chi connectivity index (χ4v) is 1.54. The molecule has 0 aromatic heterocycles. The summed E-state index contributed by atoms with van der Waals surface area (Å²) in [6.07, 6.45) is -4.65. The number of hydrogen-bond acceptors (Lipinski definition) is 5. The molecule has 1 saturated heterocycles. The van der Waals surface area contributed by atoms with Gasteiger partial charge in [-0.15, -0.1) is 13.2 Å². The van der Waals surface area contributed by atoms with Crippen molar-refractivity contribution < 1.29 is 32.2 Å². The van der Waals surface area contributed by atoms with Gasteiger partial charge in [0, 0.05) is 13.1 Å². The highest BCUT2D eigenvalue weighted by Crippen LogP contribution is 2.16. The van der Waals surface area contributed by atoms with E-state index in [-0.39, 0.29) is 13.2 Å². The summed E-state index contributed by atoms with van der Waals surface area (Å²) >= 11 is 0. The molecule has 0 radical (unpaired) electrons. The zero-order valence-corrected chi connectivity index (χ0v) is 9.33. The van der Waals surface area contributed by atoms with E-state index in [1.807, 2.05) is 0 Å². The molecule has 1 heterocycles. The molecule has 0 aromatic carbocycles. The second kappa shape index (κ2) is 6.18. The zero-order valence-electron chi connectivity index (χ0n) is 9.33. The van der Waals surface area contributed by atoms with Gasteiger partial charge in [-0.05, 0) is 0 Å². The molecule has 5 nitrogen and oxygen atoms in total. The van der Waals surface area contributed by atoms with Crippen LogP contribution in [0.25, 0.3) is 0 Å². The Bertz CT molecular complexity index is 259. The standard InChI is InChI=1S/C9H14F3NO4/c1-15-8(14)7-6-16-4-2-13(7)3-5-17-9(10,11)12/h7H,2-6H2,1H3. The average molecular weight is 257 g/mol. The zero-order chi connectivity index (χ0) is 12.9. The Hall–Kier alpha value is -0.860. The maximum atomic E-state index is 11.8. The lowest BCUT2D eigenvalue weighted by atomic mass is 10.2. The van der Waals surface area contributed by atoms with Gasteiger partial charge in [-0.1, -0.05) is 0 Å². The van der Waals surface area contributed by atoms with E-state index < -0.39 is 25.0 Å².